The molecule has 4 aliphatic carbocycles. The Morgan fingerprint density at radius 1 is 1.21 bits per heavy atom. The highest BCUT2D eigenvalue weighted by Crippen LogP contribution is 2.61. The molecule has 2 heteroatoms. The van der Waals surface area contributed by atoms with Crippen molar-refractivity contribution in [2.24, 2.45) is 23.2 Å². The third-order valence-electron chi connectivity index (χ3n) is 6.19. The molecule has 0 aliphatic heterocycles. The lowest BCUT2D eigenvalue weighted by atomic mass is 9.47. The lowest BCUT2D eigenvalue weighted by Gasteiger charge is -2.59. The predicted octanol–water partition coefficient (Wildman–Crippen LogP) is 3.63. The van der Waals surface area contributed by atoms with Crippen LogP contribution in [0.15, 0.2) is 23.0 Å². The lowest BCUT2D eigenvalue weighted by molar-refractivity contribution is -0.0724. The van der Waals surface area contributed by atoms with Crippen molar-refractivity contribution in [1.82, 2.24) is 5.32 Å². The zero-order valence-electron chi connectivity index (χ0n) is 11.9. The molecule has 0 radical (unpaired) electrons. The van der Waals surface area contributed by atoms with Crippen molar-refractivity contribution in [3.8, 4) is 0 Å². The van der Waals surface area contributed by atoms with Crippen LogP contribution >= 0.6 is 0 Å². The molecule has 2 nitrogen and oxygen atoms in total. The van der Waals surface area contributed by atoms with E-state index in [9.17, 15) is 0 Å². The van der Waals surface area contributed by atoms with Crippen LogP contribution in [0.5, 0.6) is 0 Å². The van der Waals surface area contributed by atoms with Crippen LogP contribution in [0.1, 0.15) is 44.1 Å². The van der Waals surface area contributed by atoms with Crippen LogP contribution < -0.4 is 5.32 Å². The van der Waals surface area contributed by atoms with Gasteiger partial charge in [0.2, 0.25) is 0 Å². The molecule has 1 atom stereocenters. The second kappa shape index (κ2) is 4.37. The molecule has 4 saturated carbocycles. The van der Waals surface area contributed by atoms with Gasteiger partial charge < -0.3 is 9.73 Å². The number of hydrogen-bond acceptors (Lipinski definition) is 2. The van der Waals surface area contributed by atoms with E-state index in [1.54, 1.807) is 0 Å². The van der Waals surface area contributed by atoms with Gasteiger partial charge in [0, 0.05) is 6.04 Å². The Morgan fingerprint density at radius 3 is 2.32 bits per heavy atom. The van der Waals surface area contributed by atoms with E-state index in [-0.39, 0.29) is 0 Å². The van der Waals surface area contributed by atoms with E-state index in [0.717, 1.165) is 24.2 Å². The van der Waals surface area contributed by atoms with E-state index in [1.807, 2.05) is 12.5 Å². The average molecular weight is 259 g/mol. The number of hydrogen-bond donors (Lipinski definition) is 1. The van der Waals surface area contributed by atoms with Gasteiger partial charge in [-0.15, -0.1) is 0 Å². The van der Waals surface area contributed by atoms with Gasteiger partial charge in [0.1, 0.15) is 0 Å². The maximum atomic E-state index is 5.25. The normalized spacial score (nSPS) is 41.6. The summed E-state index contributed by atoms with van der Waals surface area (Å²) in [6.45, 7) is 0. The van der Waals surface area contributed by atoms with E-state index in [0.29, 0.717) is 11.5 Å². The first-order chi connectivity index (χ1) is 9.27. The fraction of sp³-hybridized carbons (Fsp3) is 0.765. The highest BCUT2D eigenvalue weighted by molar-refractivity contribution is 5.13. The molecule has 4 bridgehead atoms. The molecule has 104 valence electrons. The van der Waals surface area contributed by atoms with Crippen molar-refractivity contribution in [1.29, 1.82) is 0 Å². The number of furan rings is 1. The van der Waals surface area contributed by atoms with Crippen molar-refractivity contribution in [2.45, 2.75) is 51.0 Å². The highest BCUT2D eigenvalue weighted by atomic mass is 16.3. The summed E-state index contributed by atoms with van der Waals surface area (Å²) in [6, 6.07) is 2.77. The molecule has 5 rings (SSSR count). The first-order valence-electron chi connectivity index (χ1n) is 7.96. The van der Waals surface area contributed by atoms with Crippen LogP contribution in [0, 0.1) is 23.2 Å². The Balaban J connectivity index is 1.58. The highest BCUT2D eigenvalue weighted by Gasteiger charge is 2.53. The Bertz CT molecular complexity index is 401. The number of rotatable bonds is 4. The molecular formula is C17H25NO. The van der Waals surface area contributed by atoms with Crippen LogP contribution in [0.25, 0.3) is 0 Å². The number of nitrogens with one attached hydrogen (secondary N) is 1. The zero-order valence-corrected chi connectivity index (χ0v) is 11.9. The van der Waals surface area contributed by atoms with Crippen LogP contribution in [0.2, 0.25) is 0 Å². The van der Waals surface area contributed by atoms with Gasteiger partial charge in [-0.2, -0.15) is 0 Å². The van der Waals surface area contributed by atoms with E-state index >= 15 is 0 Å². The molecule has 0 amide bonds. The maximum absolute atomic E-state index is 5.25. The summed E-state index contributed by atoms with van der Waals surface area (Å²) in [5.74, 6) is 3.10. The van der Waals surface area contributed by atoms with Crippen LogP contribution in [0.3, 0.4) is 0 Å². The van der Waals surface area contributed by atoms with E-state index < -0.39 is 0 Å². The molecule has 0 aromatic carbocycles. The number of likely N-dealkylation sites (N-methyl/N-ethyl adjacent to an activating group) is 1. The summed E-state index contributed by atoms with van der Waals surface area (Å²) < 4.78 is 5.25. The summed E-state index contributed by atoms with van der Waals surface area (Å²) in [5, 5.41) is 3.66. The molecule has 0 spiro atoms. The second-order valence-corrected chi connectivity index (χ2v) is 7.46. The Hall–Kier alpha value is -0.760. The predicted molar refractivity (Wildman–Crippen MR) is 75.9 cm³/mol. The van der Waals surface area contributed by atoms with Gasteiger partial charge in [0.25, 0.3) is 0 Å². The smallest absolute Gasteiger partial charge is 0.0935 e. The van der Waals surface area contributed by atoms with E-state index in [2.05, 4.69) is 18.4 Å². The second-order valence-electron chi connectivity index (χ2n) is 7.46. The zero-order chi connectivity index (χ0) is 12.9. The van der Waals surface area contributed by atoms with Crippen molar-refractivity contribution < 1.29 is 4.42 Å². The van der Waals surface area contributed by atoms with Gasteiger partial charge in [-0.3, -0.25) is 0 Å². The minimum absolute atomic E-state index is 0.584. The summed E-state index contributed by atoms with van der Waals surface area (Å²) in [7, 11) is 2.16. The van der Waals surface area contributed by atoms with Crippen LogP contribution in [-0.2, 0) is 6.42 Å². The Kier molecular flexibility index (Phi) is 2.77. The third-order valence-corrected chi connectivity index (χ3v) is 6.19. The summed E-state index contributed by atoms with van der Waals surface area (Å²) in [4.78, 5) is 0. The topological polar surface area (TPSA) is 25.2 Å². The minimum atomic E-state index is 0.584. The molecule has 0 saturated heterocycles. The van der Waals surface area contributed by atoms with E-state index in [1.165, 1.54) is 44.1 Å². The lowest BCUT2D eigenvalue weighted by Crippen LogP contribution is -2.56. The van der Waals surface area contributed by atoms with Gasteiger partial charge >= 0.3 is 0 Å². The van der Waals surface area contributed by atoms with Gasteiger partial charge in [0.05, 0.1) is 12.5 Å². The third kappa shape index (κ3) is 1.96. The summed E-state index contributed by atoms with van der Waals surface area (Å²) >= 11 is 0. The maximum Gasteiger partial charge on any atom is 0.0935 e. The summed E-state index contributed by atoms with van der Waals surface area (Å²) in [6.07, 6.45) is 13.9. The fourth-order valence-corrected chi connectivity index (χ4v) is 5.87. The van der Waals surface area contributed by atoms with Crippen LogP contribution in [0.4, 0.5) is 0 Å². The molecule has 19 heavy (non-hydrogen) atoms. The van der Waals surface area contributed by atoms with Gasteiger partial charge in [-0.1, -0.05) is 0 Å². The van der Waals surface area contributed by atoms with E-state index in [4.69, 9.17) is 4.42 Å². The van der Waals surface area contributed by atoms with Crippen molar-refractivity contribution >= 4 is 0 Å². The molecule has 1 heterocycles. The van der Waals surface area contributed by atoms with Gasteiger partial charge in [0.15, 0.2) is 0 Å². The molecular weight excluding hydrogens is 234 g/mol. The molecule has 1 aromatic heterocycles. The average Bonchev–Trinajstić information content (AvgIpc) is 2.87. The first-order valence-corrected chi connectivity index (χ1v) is 7.96. The largest absolute Gasteiger partial charge is 0.472 e. The molecule has 1 N–H and O–H groups in total. The van der Waals surface area contributed by atoms with Crippen LogP contribution in [-0.4, -0.2) is 13.1 Å². The molecule has 1 unspecified atom stereocenters. The Labute approximate surface area is 116 Å². The van der Waals surface area contributed by atoms with Crippen molar-refractivity contribution in [2.75, 3.05) is 7.05 Å². The Morgan fingerprint density at radius 2 is 1.84 bits per heavy atom. The molecule has 1 aromatic rings. The van der Waals surface area contributed by atoms with Gasteiger partial charge in [-0.25, -0.2) is 0 Å². The fourth-order valence-electron chi connectivity index (χ4n) is 5.87. The van der Waals surface area contributed by atoms with Gasteiger partial charge in [-0.05, 0) is 86.8 Å². The van der Waals surface area contributed by atoms with Crippen molar-refractivity contribution in [3.63, 3.8) is 0 Å². The minimum Gasteiger partial charge on any atom is -0.472 e. The summed E-state index contributed by atoms with van der Waals surface area (Å²) in [5.41, 5.74) is 1.94. The monoisotopic (exact) mass is 259 g/mol. The standard InChI is InChI=1S/C17H25NO/c1-18-16(7-12-2-3-19-11-12)17-8-13-4-14(9-17)6-15(5-13)10-17/h2-3,11,13-16,18H,4-10H2,1H3. The SMILES string of the molecule is CNC(Cc1ccoc1)C12CC3CC(CC(C3)C1)C2. The first kappa shape index (κ1) is 12.0. The molecule has 4 fully saturated rings. The van der Waals surface area contributed by atoms with Crippen molar-refractivity contribution in [3.05, 3.63) is 24.2 Å². The molecule has 4 aliphatic rings. The quantitative estimate of drug-likeness (QED) is 0.893.